The normalized spacial score (nSPS) is 16.7. The molecule has 3 aromatic rings. The quantitative estimate of drug-likeness (QED) is 0.535. The molecule has 0 saturated carbocycles. The van der Waals surface area contributed by atoms with E-state index < -0.39 is 0 Å². The van der Waals surface area contributed by atoms with Crippen molar-refractivity contribution in [3.63, 3.8) is 0 Å². The number of hydrogen-bond donors (Lipinski definition) is 1. The molecule has 0 radical (unpaired) electrons. The fourth-order valence-corrected chi connectivity index (χ4v) is 4.19. The first-order chi connectivity index (χ1) is 15.7. The smallest absolute Gasteiger partial charge is 0.247 e. The van der Waals surface area contributed by atoms with Crippen LogP contribution in [0.25, 0.3) is 11.5 Å². The van der Waals surface area contributed by atoms with E-state index in [-0.39, 0.29) is 5.91 Å². The van der Waals surface area contributed by atoms with Crippen molar-refractivity contribution in [3.8, 4) is 11.5 Å². The topological polar surface area (TPSA) is 71.3 Å². The minimum absolute atomic E-state index is 0.0409. The number of carbonyl (C=O) groups excluding carboxylic acids is 1. The number of carbonyl (C=O) groups is 1. The van der Waals surface area contributed by atoms with Gasteiger partial charge in [0, 0.05) is 38.0 Å². The van der Waals surface area contributed by atoms with Crippen LogP contribution in [0.15, 0.2) is 59.0 Å². The van der Waals surface area contributed by atoms with Crippen LogP contribution in [0.4, 0.5) is 0 Å². The van der Waals surface area contributed by atoms with Gasteiger partial charge in [-0.2, -0.15) is 0 Å². The standard InChI is InChI=1S/C26H32N4O2/c1-20-7-6-16-30(18-20)19-22-14-12-21(13-15-22)17-27-24(31)10-5-11-25-28-29-26(32-25)23-8-3-2-4-9-23/h2-4,8-9,12-15,20H,5-7,10-11,16-19H2,1H3,(H,27,31)/t20-/m1/s1. The van der Waals surface area contributed by atoms with Crippen molar-refractivity contribution in [1.29, 1.82) is 0 Å². The van der Waals surface area contributed by atoms with Gasteiger partial charge in [-0.05, 0) is 55.0 Å². The van der Waals surface area contributed by atoms with Crippen molar-refractivity contribution >= 4 is 5.91 Å². The van der Waals surface area contributed by atoms with E-state index in [0.717, 1.165) is 23.6 Å². The van der Waals surface area contributed by atoms with Crippen molar-refractivity contribution < 1.29 is 9.21 Å². The Hall–Kier alpha value is -2.99. The number of aromatic nitrogens is 2. The molecule has 0 aliphatic carbocycles. The minimum Gasteiger partial charge on any atom is -0.421 e. The van der Waals surface area contributed by atoms with E-state index in [0.29, 0.717) is 37.6 Å². The highest BCUT2D eigenvalue weighted by Gasteiger charge is 2.16. The molecule has 6 nitrogen and oxygen atoms in total. The zero-order valence-electron chi connectivity index (χ0n) is 18.8. The summed E-state index contributed by atoms with van der Waals surface area (Å²) >= 11 is 0. The number of rotatable bonds is 9. The van der Waals surface area contributed by atoms with Crippen LogP contribution in [-0.2, 0) is 24.3 Å². The van der Waals surface area contributed by atoms with Crippen molar-refractivity contribution in [1.82, 2.24) is 20.4 Å². The van der Waals surface area contributed by atoms with E-state index in [1.54, 1.807) is 0 Å². The van der Waals surface area contributed by atoms with Crippen LogP contribution in [0.5, 0.6) is 0 Å². The van der Waals surface area contributed by atoms with Gasteiger partial charge >= 0.3 is 0 Å². The van der Waals surface area contributed by atoms with E-state index >= 15 is 0 Å². The molecule has 1 fully saturated rings. The van der Waals surface area contributed by atoms with Crippen molar-refractivity contribution in [3.05, 3.63) is 71.6 Å². The maximum Gasteiger partial charge on any atom is 0.247 e. The molecule has 0 unspecified atom stereocenters. The molecule has 0 bridgehead atoms. The van der Waals surface area contributed by atoms with Gasteiger partial charge in [0.05, 0.1) is 0 Å². The lowest BCUT2D eigenvalue weighted by molar-refractivity contribution is -0.121. The average Bonchev–Trinajstić information content (AvgIpc) is 3.28. The summed E-state index contributed by atoms with van der Waals surface area (Å²) in [6.07, 6.45) is 4.35. The molecule has 1 saturated heterocycles. The number of likely N-dealkylation sites (tertiary alicyclic amines) is 1. The minimum atomic E-state index is 0.0409. The van der Waals surface area contributed by atoms with Crippen LogP contribution < -0.4 is 5.32 Å². The highest BCUT2D eigenvalue weighted by molar-refractivity contribution is 5.75. The third-order valence-corrected chi connectivity index (χ3v) is 5.94. The van der Waals surface area contributed by atoms with Crippen molar-refractivity contribution in [2.75, 3.05) is 13.1 Å². The SMILES string of the molecule is C[C@@H]1CCCN(Cc2ccc(CNC(=O)CCCc3nnc(-c4ccccc4)o3)cc2)C1. The van der Waals surface area contributed by atoms with Crippen LogP contribution in [0.2, 0.25) is 0 Å². The Morgan fingerprint density at radius 2 is 1.88 bits per heavy atom. The first-order valence-corrected chi connectivity index (χ1v) is 11.6. The van der Waals surface area contributed by atoms with Gasteiger partial charge < -0.3 is 9.73 Å². The molecular formula is C26H32N4O2. The zero-order chi connectivity index (χ0) is 22.2. The summed E-state index contributed by atoms with van der Waals surface area (Å²) < 4.78 is 5.69. The molecule has 1 N–H and O–H groups in total. The van der Waals surface area contributed by atoms with E-state index in [4.69, 9.17) is 4.42 Å². The van der Waals surface area contributed by atoms with Gasteiger partial charge in [0.15, 0.2) is 0 Å². The monoisotopic (exact) mass is 432 g/mol. The fraction of sp³-hybridized carbons (Fsp3) is 0.423. The Kier molecular flexibility index (Phi) is 7.67. The summed E-state index contributed by atoms with van der Waals surface area (Å²) in [7, 11) is 0. The molecule has 1 aliphatic rings. The zero-order valence-corrected chi connectivity index (χ0v) is 18.8. The van der Waals surface area contributed by atoms with E-state index in [2.05, 4.69) is 51.6 Å². The Bertz CT molecular complexity index is 985. The Balaban J connectivity index is 1.16. The molecule has 168 valence electrons. The Labute approximate surface area is 190 Å². The summed E-state index contributed by atoms with van der Waals surface area (Å²) in [6, 6.07) is 18.3. The summed E-state index contributed by atoms with van der Waals surface area (Å²) in [5.74, 6) is 1.92. The number of benzene rings is 2. The molecule has 2 aromatic carbocycles. The molecule has 2 heterocycles. The molecule has 1 aromatic heterocycles. The van der Waals surface area contributed by atoms with Gasteiger partial charge in [-0.3, -0.25) is 9.69 Å². The molecule has 0 spiro atoms. The predicted molar refractivity (Wildman–Crippen MR) is 125 cm³/mol. The summed E-state index contributed by atoms with van der Waals surface area (Å²) in [6.45, 7) is 6.29. The van der Waals surface area contributed by atoms with Gasteiger partial charge in [-0.15, -0.1) is 10.2 Å². The predicted octanol–water partition coefficient (Wildman–Crippen LogP) is 4.61. The number of piperidine rings is 1. The molecule has 32 heavy (non-hydrogen) atoms. The van der Waals surface area contributed by atoms with Crippen LogP contribution in [0.1, 0.15) is 49.6 Å². The molecule has 4 rings (SSSR count). The second-order valence-electron chi connectivity index (χ2n) is 8.80. The van der Waals surface area contributed by atoms with Crippen LogP contribution in [0, 0.1) is 5.92 Å². The average molecular weight is 433 g/mol. The van der Waals surface area contributed by atoms with Gasteiger partial charge in [0.2, 0.25) is 17.7 Å². The molecule has 1 amide bonds. The molecule has 1 atom stereocenters. The van der Waals surface area contributed by atoms with Gasteiger partial charge in [-0.25, -0.2) is 0 Å². The molecule has 6 heteroatoms. The maximum atomic E-state index is 12.2. The summed E-state index contributed by atoms with van der Waals surface area (Å²) in [5, 5.41) is 11.2. The highest BCUT2D eigenvalue weighted by Crippen LogP contribution is 2.19. The van der Waals surface area contributed by atoms with Crippen molar-refractivity contribution in [2.45, 2.75) is 52.1 Å². The van der Waals surface area contributed by atoms with E-state index in [1.807, 2.05) is 30.3 Å². The number of nitrogens with zero attached hydrogens (tertiary/aromatic N) is 3. The van der Waals surface area contributed by atoms with Gasteiger partial charge in [0.1, 0.15) is 0 Å². The fourth-order valence-electron chi connectivity index (χ4n) is 4.19. The van der Waals surface area contributed by atoms with Crippen LogP contribution in [0.3, 0.4) is 0 Å². The lowest BCUT2D eigenvalue weighted by Gasteiger charge is -2.30. The van der Waals surface area contributed by atoms with E-state index in [1.165, 1.54) is 31.5 Å². The number of aryl methyl sites for hydroxylation is 1. The summed E-state index contributed by atoms with van der Waals surface area (Å²) in [5.41, 5.74) is 3.36. The Morgan fingerprint density at radius 1 is 1.09 bits per heavy atom. The van der Waals surface area contributed by atoms with Crippen LogP contribution in [-0.4, -0.2) is 34.1 Å². The third kappa shape index (κ3) is 6.50. The van der Waals surface area contributed by atoms with Gasteiger partial charge in [-0.1, -0.05) is 49.4 Å². The Morgan fingerprint density at radius 3 is 2.66 bits per heavy atom. The van der Waals surface area contributed by atoms with Crippen molar-refractivity contribution in [2.24, 2.45) is 5.92 Å². The number of hydrogen-bond acceptors (Lipinski definition) is 5. The number of nitrogens with one attached hydrogen (secondary N) is 1. The molecular weight excluding hydrogens is 400 g/mol. The lowest BCUT2D eigenvalue weighted by atomic mass is 9.99. The first-order valence-electron chi connectivity index (χ1n) is 11.6. The number of amides is 1. The first kappa shape index (κ1) is 22.2. The van der Waals surface area contributed by atoms with Crippen LogP contribution >= 0.6 is 0 Å². The molecule has 1 aliphatic heterocycles. The highest BCUT2D eigenvalue weighted by atomic mass is 16.4. The largest absolute Gasteiger partial charge is 0.421 e. The summed E-state index contributed by atoms with van der Waals surface area (Å²) in [4.78, 5) is 14.7. The lowest BCUT2D eigenvalue weighted by Crippen LogP contribution is -2.33. The third-order valence-electron chi connectivity index (χ3n) is 5.94. The second kappa shape index (κ2) is 11.0. The van der Waals surface area contributed by atoms with Gasteiger partial charge in [0.25, 0.3) is 0 Å². The van der Waals surface area contributed by atoms with E-state index in [9.17, 15) is 4.79 Å². The maximum absolute atomic E-state index is 12.2. The second-order valence-corrected chi connectivity index (χ2v) is 8.80.